The molecule has 0 amide bonds. The summed E-state index contributed by atoms with van der Waals surface area (Å²) in [6, 6.07) is 8.64. The number of nitrogens with one attached hydrogen (secondary N) is 2. The molecule has 6 heteroatoms. The van der Waals surface area contributed by atoms with Gasteiger partial charge in [0.1, 0.15) is 5.76 Å². The fraction of sp³-hybridized carbons (Fsp3) is 0.231. The van der Waals surface area contributed by atoms with Gasteiger partial charge in [0.2, 0.25) is 10.0 Å². The lowest BCUT2D eigenvalue weighted by Gasteiger charge is -2.10. The molecular weight excluding hydrogens is 264 g/mol. The van der Waals surface area contributed by atoms with Crippen molar-refractivity contribution in [2.45, 2.75) is 18.4 Å². The molecule has 0 saturated carbocycles. The summed E-state index contributed by atoms with van der Waals surface area (Å²) < 4.78 is 31.0. The highest BCUT2D eigenvalue weighted by Crippen LogP contribution is 2.20. The Morgan fingerprint density at radius 3 is 2.68 bits per heavy atom. The van der Waals surface area contributed by atoms with Gasteiger partial charge in [-0.2, -0.15) is 0 Å². The lowest BCUT2D eigenvalue weighted by Crippen LogP contribution is -2.18. The van der Waals surface area contributed by atoms with Gasteiger partial charge in [-0.25, -0.2) is 13.1 Å². The van der Waals surface area contributed by atoms with E-state index in [2.05, 4.69) is 10.0 Å². The molecule has 1 heterocycles. The van der Waals surface area contributed by atoms with Crippen LogP contribution in [0, 0.1) is 6.92 Å². The Kier molecular flexibility index (Phi) is 3.92. The number of anilines is 1. The Morgan fingerprint density at radius 1 is 1.26 bits per heavy atom. The number of aryl methyl sites for hydroxylation is 1. The third-order valence-electron chi connectivity index (χ3n) is 2.82. The molecule has 1 aromatic heterocycles. The molecule has 0 aliphatic heterocycles. The molecule has 2 aromatic rings. The van der Waals surface area contributed by atoms with Crippen LogP contribution >= 0.6 is 0 Å². The van der Waals surface area contributed by atoms with Crippen molar-refractivity contribution in [3.05, 3.63) is 47.9 Å². The molecule has 1 aromatic carbocycles. The van der Waals surface area contributed by atoms with Crippen LogP contribution in [0.3, 0.4) is 0 Å². The van der Waals surface area contributed by atoms with Crippen LogP contribution < -0.4 is 10.0 Å². The van der Waals surface area contributed by atoms with E-state index in [9.17, 15) is 8.42 Å². The summed E-state index contributed by atoms with van der Waals surface area (Å²) in [7, 11) is -2.03. The molecule has 0 saturated heterocycles. The van der Waals surface area contributed by atoms with Crippen molar-refractivity contribution in [1.29, 1.82) is 0 Å². The molecule has 0 spiro atoms. The molecule has 0 aliphatic rings. The smallest absolute Gasteiger partial charge is 0.240 e. The molecule has 0 aliphatic carbocycles. The average Bonchev–Trinajstić information content (AvgIpc) is 2.90. The zero-order valence-corrected chi connectivity index (χ0v) is 11.6. The maximum absolute atomic E-state index is 11.7. The van der Waals surface area contributed by atoms with Crippen LogP contribution in [0.5, 0.6) is 0 Å². The van der Waals surface area contributed by atoms with Crippen LogP contribution in [0.1, 0.15) is 11.3 Å². The van der Waals surface area contributed by atoms with Gasteiger partial charge >= 0.3 is 0 Å². The molecule has 5 nitrogen and oxygen atoms in total. The molecule has 0 atom stereocenters. The van der Waals surface area contributed by atoms with E-state index in [1.54, 1.807) is 24.5 Å². The van der Waals surface area contributed by atoms with Gasteiger partial charge in [0, 0.05) is 5.69 Å². The molecule has 0 radical (unpaired) electrons. The Labute approximate surface area is 112 Å². The van der Waals surface area contributed by atoms with Crippen molar-refractivity contribution in [3.8, 4) is 0 Å². The first kappa shape index (κ1) is 13.6. The SMILES string of the molecule is CNS(=O)(=O)c1ccc(C)c(NCc2ccco2)c1. The normalized spacial score (nSPS) is 11.5. The predicted molar refractivity (Wildman–Crippen MR) is 73.5 cm³/mol. The number of rotatable bonds is 5. The minimum absolute atomic E-state index is 0.238. The zero-order chi connectivity index (χ0) is 13.9. The molecular formula is C13H16N2O3S. The van der Waals surface area contributed by atoms with E-state index in [1.165, 1.54) is 7.05 Å². The van der Waals surface area contributed by atoms with Crippen LogP contribution in [0.2, 0.25) is 0 Å². The number of hydrogen-bond donors (Lipinski definition) is 2. The van der Waals surface area contributed by atoms with Gasteiger partial charge < -0.3 is 9.73 Å². The molecule has 0 fully saturated rings. The van der Waals surface area contributed by atoms with Crippen LogP contribution in [0.4, 0.5) is 5.69 Å². The van der Waals surface area contributed by atoms with Gasteiger partial charge in [-0.15, -0.1) is 0 Å². The third kappa shape index (κ3) is 3.15. The third-order valence-corrected chi connectivity index (χ3v) is 4.23. The average molecular weight is 280 g/mol. The largest absolute Gasteiger partial charge is 0.467 e. The minimum Gasteiger partial charge on any atom is -0.467 e. The molecule has 102 valence electrons. The van der Waals surface area contributed by atoms with E-state index < -0.39 is 10.0 Å². The van der Waals surface area contributed by atoms with Crippen LogP contribution in [-0.2, 0) is 16.6 Å². The molecule has 19 heavy (non-hydrogen) atoms. The van der Waals surface area contributed by atoms with E-state index in [0.717, 1.165) is 17.0 Å². The maximum Gasteiger partial charge on any atom is 0.240 e. The molecule has 2 N–H and O–H groups in total. The van der Waals surface area contributed by atoms with E-state index in [-0.39, 0.29) is 4.90 Å². The van der Waals surface area contributed by atoms with Crippen molar-refractivity contribution < 1.29 is 12.8 Å². The van der Waals surface area contributed by atoms with E-state index in [1.807, 2.05) is 19.1 Å². The second-order valence-electron chi connectivity index (χ2n) is 4.12. The van der Waals surface area contributed by atoms with Gasteiger partial charge in [0.15, 0.2) is 0 Å². The monoisotopic (exact) mass is 280 g/mol. The Balaban J connectivity index is 2.22. The zero-order valence-electron chi connectivity index (χ0n) is 10.8. The second kappa shape index (κ2) is 5.46. The Hall–Kier alpha value is -1.79. The highest BCUT2D eigenvalue weighted by molar-refractivity contribution is 7.89. The highest BCUT2D eigenvalue weighted by Gasteiger charge is 2.12. The molecule has 0 bridgehead atoms. The molecule has 0 unspecified atom stereocenters. The number of furan rings is 1. The summed E-state index contributed by atoms with van der Waals surface area (Å²) in [5, 5.41) is 3.17. The van der Waals surface area contributed by atoms with Gasteiger partial charge in [-0.1, -0.05) is 6.07 Å². The second-order valence-corrected chi connectivity index (χ2v) is 6.00. The van der Waals surface area contributed by atoms with Crippen molar-refractivity contribution in [2.75, 3.05) is 12.4 Å². The summed E-state index contributed by atoms with van der Waals surface area (Å²) in [6.07, 6.45) is 1.60. The van der Waals surface area contributed by atoms with Gasteiger partial charge in [0.25, 0.3) is 0 Å². The first-order valence-electron chi connectivity index (χ1n) is 5.83. The van der Waals surface area contributed by atoms with Crippen LogP contribution in [-0.4, -0.2) is 15.5 Å². The minimum atomic E-state index is -3.42. The standard InChI is InChI=1S/C13H16N2O3S/c1-10-5-6-12(19(16,17)14-2)8-13(10)15-9-11-4-3-7-18-11/h3-8,14-15H,9H2,1-2H3. The summed E-state index contributed by atoms with van der Waals surface area (Å²) in [4.78, 5) is 0.238. The fourth-order valence-corrected chi connectivity index (χ4v) is 2.43. The van der Waals surface area contributed by atoms with E-state index in [0.29, 0.717) is 6.54 Å². The van der Waals surface area contributed by atoms with Crippen LogP contribution in [0.25, 0.3) is 0 Å². The fourth-order valence-electron chi connectivity index (χ4n) is 1.67. The molecule has 2 rings (SSSR count). The number of hydrogen-bond acceptors (Lipinski definition) is 4. The van der Waals surface area contributed by atoms with Crippen molar-refractivity contribution >= 4 is 15.7 Å². The van der Waals surface area contributed by atoms with Crippen molar-refractivity contribution in [2.24, 2.45) is 0 Å². The Morgan fingerprint density at radius 2 is 2.05 bits per heavy atom. The van der Waals surface area contributed by atoms with Crippen LogP contribution in [0.15, 0.2) is 45.9 Å². The predicted octanol–water partition coefficient (Wildman–Crippen LogP) is 2.11. The number of benzene rings is 1. The van der Waals surface area contributed by atoms with Crippen molar-refractivity contribution in [1.82, 2.24) is 4.72 Å². The lowest BCUT2D eigenvalue weighted by molar-refractivity contribution is 0.518. The summed E-state index contributed by atoms with van der Waals surface area (Å²) >= 11 is 0. The van der Waals surface area contributed by atoms with E-state index in [4.69, 9.17) is 4.42 Å². The first-order valence-corrected chi connectivity index (χ1v) is 7.32. The summed E-state index contributed by atoms with van der Waals surface area (Å²) in [5.74, 6) is 0.793. The summed E-state index contributed by atoms with van der Waals surface area (Å²) in [6.45, 7) is 2.43. The van der Waals surface area contributed by atoms with Crippen molar-refractivity contribution in [3.63, 3.8) is 0 Å². The highest BCUT2D eigenvalue weighted by atomic mass is 32.2. The summed E-state index contributed by atoms with van der Waals surface area (Å²) in [5.41, 5.74) is 1.74. The Bertz CT molecular complexity index is 649. The van der Waals surface area contributed by atoms with Gasteiger partial charge in [0.05, 0.1) is 17.7 Å². The van der Waals surface area contributed by atoms with Gasteiger partial charge in [-0.3, -0.25) is 0 Å². The first-order chi connectivity index (χ1) is 9.03. The quantitative estimate of drug-likeness (QED) is 0.880. The van der Waals surface area contributed by atoms with Gasteiger partial charge in [-0.05, 0) is 43.8 Å². The van der Waals surface area contributed by atoms with E-state index >= 15 is 0 Å². The number of sulfonamides is 1. The maximum atomic E-state index is 11.7. The topological polar surface area (TPSA) is 71.3 Å². The lowest BCUT2D eigenvalue weighted by atomic mass is 10.2.